The van der Waals surface area contributed by atoms with Gasteiger partial charge in [0.2, 0.25) is 0 Å². The predicted octanol–water partition coefficient (Wildman–Crippen LogP) is 6.87. The van der Waals surface area contributed by atoms with Crippen molar-refractivity contribution in [1.82, 2.24) is 14.5 Å². The average molecular weight is 572 g/mol. The number of pyridine rings is 1. The van der Waals surface area contributed by atoms with E-state index in [1.807, 2.05) is 0 Å². The third-order valence-corrected chi connectivity index (χ3v) is 7.23. The number of phenolic OH excluding ortho intramolecular Hbond substituents is 1. The van der Waals surface area contributed by atoms with Gasteiger partial charge >= 0.3 is 6.18 Å². The van der Waals surface area contributed by atoms with Crippen LogP contribution in [0.15, 0.2) is 24.3 Å². The Morgan fingerprint density at radius 2 is 1.85 bits per heavy atom. The molecule has 0 spiro atoms. The second kappa shape index (κ2) is 11.1. The van der Waals surface area contributed by atoms with Crippen molar-refractivity contribution in [2.24, 2.45) is 0 Å². The fourth-order valence-electron chi connectivity index (χ4n) is 4.69. The van der Waals surface area contributed by atoms with Crippen LogP contribution in [0.2, 0.25) is 5.02 Å². The highest BCUT2D eigenvalue weighted by atomic mass is 35.5. The number of phenols is 1. The van der Waals surface area contributed by atoms with Crippen LogP contribution in [-0.2, 0) is 11.0 Å². The largest absolute Gasteiger partial charge is 0.505 e. The first-order valence-electron chi connectivity index (χ1n) is 12.6. The van der Waals surface area contributed by atoms with Gasteiger partial charge in [-0.05, 0) is 66.8 Å². The number of ketones is 1. The summed E-state index contributed by atoms with van der Waals surface area (Å²) in [5.74, 6) is -4.74. The van der Waals surface area contributed by atoms with Crippen molar-refractivity contribution in [1.29, 1.82) is 0 Å². The molecule has 0 radical (unpaired) electrons. The fraction of sp³-hybridized carbons (Fsp3) is 0.444. The highest BCUT2D eigenvalue weighted by Crippen LogP contribution is 2.43. The van der Waals surface area contributed by atoms with Gasteiger partial charge in [0.15, 0.2) is 23.0 Å². The number of alkyl halides is 3. The predicted molar refractivity (Wildman–Crippen MR) is 134 cm³/mol. The lowest BCUT2D eigenvalue weighted by atomic mass is 9.90. The number of carbonyl (C=O) groups is 2. The van der Waals surface area contributed by atoms with Gasteiger partial charge in [0.25, 0.3) is 5.91 Å². The number of Topliss-reactive ketones (excluding diaryl/α,β-unsaturated/α-hetero) is 1. The molecule has 210 valence electrons. The van der Waals surface area contributed by atoms with Gasteiger partial charge in [-0.2, -0.15) is 18.3 Å². The van der Waals surface area contributed by atoms with Crippen LogP contribution in [0.3, 0.4) is 0 Å². The van der Waals surface area contributed by atoms with Crippen LogP contribution in [0.4, 0.5) is 22.0 Å². The van der Waals surface area contributed by atoms with Gasteiger partial charge in [0.05, 0.1) is 17.1 Å². The summed E-state index contributed by atoms with van der Waals surface area (Å²) in [4.78, 5) is 27.5. The topological polar surface area (TPSA) is 74.9 Å². The quantitative estimate of drug-likeness (QED) is 0.269. The zero-order chi connectivity index (χ0) is 28.6. The van der Waals surface area contributed by atoms with E-state index in [4.69, 9.17) is 11.6 Å². The second-order valence-corrected chi connectivity index (χ2v) is 10.2. The lowest BCUT2D eigenvalue weighted by molar-refractivity contribution is -0.142. The van der Waals surface area contributed by atoms with E-state index in [0.29, 0.717) is 22.6 Å². The summed E-state index contributed by atoms with van der Waals surface area (Å²) >= 11 is 6.40. The van der Waals surface area contributed by atoms with Crippen molar-refractivity contribution in [3.63, 3.8) is 0 Å². The lowest BCUT2D eigenvalue weighted by Gasteiger charge is -2.22. The van der Waals surface area contributed by atoms with Gasteiger partial charge in [-0.25, -0.2) is 13.3 Å². The van der Waals surface area contributed by atoms with E-state index in [-0.39, 0.29) is 41.4 Å². The summed E-state index contributed by atoms with van der Waals surface area (Å²) in [6.07, 6.45) is -2.74. The van der Waals surface area contributed by atoms with Crippen LogP contribution in [0.25, 0.3) is 5.52 Å². The molecule has 0 aliphatic heterocycles. The molecule has 1 atom stereocenters. The summed E-state index contributed by atoms with van der Waals surface area (Å²) < 4.78 is 70.4. The summed E-state index contributed by atoms with van der Waals surface area (Å²) in [7, 11) is 0. The molecule has 1 saturated carbocycles. The number of hydrogen-bond acceptors (Lipinski definition) is 4. The Kier molecular flexibility index (Phi) is 8.20. The smallest absolute Gasteiger partial charge is 0.433 e. The fourth-order valence-corrected chi connectivity index (χ4v) is 4.95. The van der Waals surface area contributed by atoms with Crippen LogP contribution in [-0.4, -0.2) is 44.4 Å². The van der Waals surface area contributed by atoms with Crippen LogP contribution < -0.4 is 0 Å². The van der Waals surface area contributed by atoms with E-state index in [0.717, 1.165) is 29.9 Å². The molecule has 0 saturated heterocycles. The molecular weight excluding hydrogens is 545 g/mol. The minimum absolute atomic E-state index is 0.00571. The Labute approximate surface area is 226 Å². The van der Waals surface area contributed by atoms with E-state index < -0.39 is 59.1 Å². The standard InChI is InChI=1S/C27H27ClF5N3O3/c1-3-7-35(13-17(37)8-14(4-2)18-11-20(30)22(38)12-19(18)29)26(39)25-24(28)21-9-16(15-5-6-15)10-23(27(31,32)33)36(21)34-25/h9-12,14-15,38H,3-8,13H2,1-2H3. The van der Waals surface area contributed by atoms with Crippen molar-refractivity contribution in [3.8, 4) is 5.75 Å². The van der Waals surface area contributed by atoms with Crippen LogP contribution in [0, 0.1) is 11.6 Å². The number of aromatic nitrogens is 2. The molecule has 0 bridgehead atoms. The maximum Gasteiger partial charge on any atom is 0.433 e. The van der Waals surface area contributed by atoms with Crippen molar-refractivity contribution in [2.75, 3.05) is 13.1 Å². The maximum absolute atomic E-state index is 14.4. The number of halogens is 6. The minimum atomic E-state index is -4.74. The normalized spacial score (nSPS) is 14.6. The molecule has 1 aliphatic carbocycles. The Morgan fingerprint density at radius 1 is 1.15 bits per heavy atom. The van der Waals surface area contributed by atoms with Crippen molar-refractivity contribution < 1.29 is 36.6 Å². The third kappa shape index (κ3) is 6.03. The first kappa shape index (κ1) is 28.8. The Morgan fingerprint density at radius 3 is 2.44 bits per heavy atom. The number of rotatable bonds is 10. The van der Waals surface area contributed by atoms with Crippen LogP contribution in [0.5, 0.6) is 5.75 Å². The monoisotopic (exact) mass is 571 g/mol. The van der Waals surface area contributed by atoms with Crippen molar-refractivity contribution in [2.45, 2.75) is 64.0 Å². The van der Waals surface area contributed by atoms with Crippen LogP contribution in [0.1, 0.15) is 85.1 Å². The number of benzene rings is 1. The number of amides is 1. The molecule has 1 unspecified atom stereocenters. The zero-order valence-corrected chi connectivity index (χ0v) is 22.0. The van der Waals surface area contributed by atoms with Gasteiger partial charge in [0.1, 0.15) is 11.5 Å². The first-order valence-corrected chi connectivity index (χ1v) is 13.0. The molecule has 2 aromatic heterocycles. The maximum atomic E-state index is 14.4. The number of hydrogen-bond donors (Lipinski definition) is 1. The van der Waals surface area contributed by atoms with E-state index >= 15 is 0 Å². The minimum Gasteiger partial charge on any atom is -0.505 e. The molecule has 3 aromatic rings. The molecule has 4 rings (SSSR count). The Hall–Kier alpha value is -3.21. The molecular formula is C27H27ClF5N3O3. The lowest BCUT2D eigenvalue weighted by Crippen LogP contribution is -2.37. The zero-order valence-electron chi connectivity index (χ0n) is 21.3. The van der Waals surface area contributed by atoms with Gasteiger partial charge in [-0.3, -0.25) is 9.59 Å². The molecule has 1 fully saturated rings. The third-order valence-electron chi connectivity index (χ3n) is 6.86. The van der Waals surface area contributed by atoms with E-state index in [1.54, 1.807) is 13.8 Å². The molecule has 1 aliphatic rings. The second-order valence-electron chi connectivity index (χ2n) is 9.81. The van der Waals surface area contributed by atoms with Gasteiger partial charge in [-0.15, -0.1) is 0 Å². The van der Waals surface area contributed by atoms with E-state index in [1.165, 1.54) is 6.07 Å². The highest BCUT2D eigenvalue weighted by Gasteiger charge is 2.38. The Balaban J connectivity index is 1.61. The van der Waals surface area contributed by atoms with Gasteiger partial charge < -0.3 is 10.0 Å². The molecule has 1 amide bonds. The van der Waals surface area contributed by atoms with E-state index in [9.17, 15) is 36.6 Å². The molecule has 2 heterocycles. The number of fused-ring (bicyclic) bond motifs is 1. The SMILES string of the molecule is CCCN(CC(=O)CC(CC)c1cc(F)c(O)cc1F)C(=O)c1nn2c(C(F)(F)F)cc(C3CC3)cc2c1Cl. The molecule has 1 aromatic carbocycles. The number of aromatic hydroxyl groups is 1. The summed E-state index contributed by atoms with van der Waals surface area (Å²) in [6.45, 7) is 3.10. The highest BCUT2D eigenvalue weighted by molar-refractivity contribution is 6.36. The molecule has 1 N–H and O–H groups in total. The summed E-state index contributed by atoms with van der Waals surface area (Å²) in [6, 6.07) is 4.00. The van der Waals surface area contributed by atoms with Crippen LogP contribution >= 0.6 is 11.6 Å². The summed E-state index contributed by atoms with van der Waals surface area (Å²) in [5.41, 5.74) is -1.11. The van der Waals surface area contributed by atoms with Gasteiger partial charge in [-0.1, -0.05) is 25.4 Å². The molecule has 6 nitrogen and oxygen atoms in total. The number of nitrogens with zero attached hydrogens (tertiary/aromatic N) is 3. The number of carbonyl (C=O) groups excluding carboxylic acids is 2. The summed E-state index contributed by atoms with van der Waals surface area (Å²) in [5, 5.41) is 13.1. The molecule has 39 heavy (non-hydrogen) atoms. The van der Waals surface area contributed by atoms with Crippen molar-refractivity contribution >= 4 is 28.8 Å². The average Bonchev–Trinajstić information content (AvgIpc) is 3.67. The van der Waals surface area contributed by atoms with E-state index in [2.05, 4.69) is 5.10 Å². The first-order chi connectivity index (χ1) is 18.3. The van der Waals surface area contributed by atoms with Crippen molar-refractivity contribution in [3.05, 3.63) is 63.4 Å². The molecule has 12 heteroatoms. The van der Waals surface area contributed by atoms with Gasteiger partial charge in [0, 0.05) is 19.0 Å². The Bertz CT molecular complexity index is 1420.